The van der Waals surface area contributed by atoms with Crippen molar-refractivity contribution < 1.29 is 19.0 Å². The van der Waals surface area contributed by atoms with Crippen LogP contribution in [0.15, 0.2) is 0 Å². The molecule has 0 bridgehead atoms. The Bertz CT molecular complexity index is 213. The number of carbonyl (C=O) groups excluding carboxylic acids is 1. The predicted octanol–water partition coefficient (Wildman–Crippen LogP) is 0.170. The second-order valence-electron chi connectivity index (χ2n) is 4.43. The lowest BCUT2D eigenvalue weighted by molar-refractivity contribution is -0.122. The van der Waals surface area contributed by atoms with Crippen LogP contribution in [-0.2, 0) is 19.0 Å². The van der Waals surface area contributed by atoms with Crippen LogP contribution >= 0.6 is 0 Å². The number of amides is 1. The minimum atomic E-state index is -0.0147. The number of carbonyl (C=O) groups is 1. The quantitative estimate of drug-likeness (QED) is 0.469. The summed E-state index contributed by atoms with van der Waals surface area (Å²) >= 11 is 0. The largest absolute Gasteiger partial charge is 0.383 e. The van der Waals surface area contributed by atoms with Crippen LogP contribution in [-0.4, -0.2) is 65.2 Å². The molecule has 0 saturated carbocycles. The van der Waals surface area contributed by atoms with Gasteiger partial charge < -0.3 is 24.8 Å². The van der Waals surface area contributed by atoms with Gasteiger partial charge in [0.1, 0.15) is 0 Å². The summed E-state index contributed by atoms with van der Waals surface area (Å²) in [5, 5.41) is 5.99. The molecule has 0 atom stereocenters. The SMILES string of the molecule is COCCNC(=O)CCOCCOCCNC(C)C. The van der Waals surface area contributed by atoms with Crippen molar-refractivity contribution in [2.45, 2.75) is 26.3 Å². The lowest BCUT2D eigenvalue weighted by atomic mass is 10.4. The van der Waals surface area contributed by atoms with E-state index in [1.807, 2.05) is 0 Å². The highest BCUT2D eigenvalue weighted by Gasteiger charge is 2.00. The molecule has 2 N–H and O–H groups in total. The zero-order valence-corrected chi connectivity index (χ0v) is 12.4. The molecular formula is C13H28N2O4. The van der Waals surface area contributed by atoms with Crippen LogP contribution in [0.3, 0.4) is 0 Å². The van der Waals surface area contributed by atoms with E-state index in [-0.39, 0.29) is 5.91 Å². The summed E-state index contributed by atoms with van der Waals surface area (Å²) in [6.45, 7) is 8.30. The smallest absolute Gasteiger partial charge is 0.222 e. The number of rotatable bonds is 13. The Balaban J connectivity index is 3.11. The van der Waals surface area contributed by atoms with Crippen LogP contribution in [0.1, 0.15) is 20.3 Å². The van der Waals surface area contributed by atoms with E-state index in [9.17, 15) is 4.79 Å². The second-order valence-corrected chi connectivity index (χ2v) is 4.43. The molecule has 0 unspecified atom stereocenters. The lowest BCUT2D eigenvalue weighted by Crippen LogP contribution is -2.28. The van der Waals surface area contributed by atoms with Gasteiger partial charge in [-0.15, -0.1) is 0 Å². The van der Waals surface area contributed by atoms with Crippen molar-refractivity contribution >= 4 is 5.91 Å². The van der Waals surface area contributed by atoms with Crippen molar-refractivity contribution in [2.24, 2.45) is 0 Å². The number of hydrogen-bond donors (Lipinski definition) is 2. The molecule has 1 amide bonds. The van der Waals surface area contributed by atoms with Crippen molar-refractivity contribution in [3.8, 4) is 0 Å². The maximum absolute atomic E-state index is 11.3. The van der Waals surface area contributed by atoms with Gasteiger partial charge >= 0.3 is 0 Å². The van der Waals surface area contributed by atoms with Gasteiger partial charge in [0.2, 0.25) is 5.91 Å². The molecule has 0 aliphatic rings. The summed E-state index contributed by atoms with van der Waals surface area (Å²) in [6, 6.07) is 0.483. The van der Waals surface area contributed by atoms with Crippen molar-refractivity contribution in [1.82, 2.24) is 10.6 Å². The molecule has 0 aromatic rings. The number of nitrogens with one attached hydrogen (secondary N) is 2. The highest BCUT2D eigenvalue weighted by molar-refractivity contribution is 5.75. The molecule has 0 radical (unpaired) electrons. The Morgan fingerprint density at radius 2 is 1.68 bits per heavy atom. The summed E-state index contributed by atoms with van der Waals surface area (Å²) in [4.78, 5) is 11.3. The Morgan fingerprint density at radius 3 is 2.32 bits per heavy atom. The van der Waals surface area contributed by atoms with Gasteiger partial charge in [-0.05, 0) is 0 Å². The third kappa shape index (κ3) is 15.3. The predicted molar refractivity (Wildman–Crippen MR) is 74.3 cm³/mol. The summed E-state index contributed by atoms with van der Waals surface area (Å²) < 4.78 is 15.5. The molecule has 19 heavy (non-hydrogen) atoms. The topological polar surface area (TPSA) is 68.8 Å². The number of methoxy groups -OCH3 is 1. The van der Waals surface area contributed by atoms with E-state index in [1.54, 1.807) is 7.11 Å². The van der Waals surface area contributed by atoms with Gasteiger partial charge in [-0.1, -0.05) is 13.8 Å². The number of ether oxygens (including phenoxy) is 3. The molecule has 114 valence electrons. The molecule has 0 fully saturated rings. The first-order valence-electron chi connectivity index (χ1n) is 6.81. The summed E-state index contributed by atoms with van der Waals surface area (Å²) in [7, 11) is 1.60. The van der Waals surface area contributed by atoms with Gasteiger partial charge in [0, 0.05) is 32.7 Å². The minimum absolute atomic E-state index is 0.0147. The van der Waals surface area contributed by atoms with Crippen LogP contribution < -0.4 is 10.6 Å². The molecule has 0 heterocycles. The van der Waals surface area contributed by atoms with E-state index in [2.05, 4.69) is 24.5 Å². The highest BCUT2D eigenvalue weighted by Crippen LogP contribution is 1.85. The fraction of sp³-hybridized carbons (Fsp3) is 0.923. The Hall–Kier alpha value is -0.690. The standard InChI is InChI=1S/C13H28N2O4/c1-12(2)14-6-9-19-11-10-18-7-4-13(16)15-5-8-17-3/h12,14H,4-11H2,1-3H3,(H,15,16). The van der Waals surface area contributed by atoms with E-state index < -0.39 is 0 Å². The molecule has 0 saturated heterocycles. The van der Waals surface area contributed by atoms with E-state index >= 15 is 0 Å². The van der Waals surface area contributed by atoms with Gasteiger partial charge in [-0.3, -0.25) is 4.79 Å². The molecule has 0 rings (SSSR count). The van der Waals surface area contributed by atoms with Crippen molar-refractivity contribution in [1.29, 1.82) is 0 Å². The molecule has 0 aliphatic heterocycles. The maximum Gasteiger partial charge on any atom is 0.222 e. The lowest BCUT2D eigenvalue weighted by Gasteiger charge is -2.09. The van der Waals surface area contributed by atoms with E-state index in [1.165, 1.54) is 0 Å². The molecule has 0 aliphatic carbocycles. The summed E-state index contributed by atoms with van der Waals surface area (Å²) in [5.74, 6) is -0.0147. The van der Waals surface area contributed by atoms with Gasteiger partial charge in [0.05, 0.1) is 33.0 Å². The first kappa shape index (κ1) is 18.3. The first-order valence-corrected chi connectivity index (χ1v) is 6.81. The Kier molecular flexibility index (Phi) is 13.2. The molecule has 0 spiro atoms. The zero-order chi connectivity index (χ0) is 14.3. The maximum atomic E-state index is 11.3. The highest BCUT2D eigenvalue weighted by atomic mass is 16.5. The van der Waals surface area contributed by atoms with E-state index in [0.717, 1.165) is 6.54 Å². The Labute approximate surface area is 116 Å². The van der Waals surface area contributed by atoms with Crippen LogP contribution in [0.5, 0.6) is 0 Å². The van der Waals surface area contributed by atoms with Crippen molar-refractivity contribution in [3.05, 3.63) is 0 Å². The third-order valence-corrected chi connectivity index (χ3v) is 2.27. The molecular weight excluding hydrogens is 248 g/mol. The first-order chi connectivity index (χ1) is 9.16. The van der Waals surface area contributed by atoms with Crippen molar-refractivity contribution in [2.75, 3.05) is 53.2 Å². The second kappa shape index (κ2) is 13.7. The number of hydrogen-bond acceptors (Lipinski definition) is 5. The molecule has 0 aromatic heterocycles. The zero-order valence-electron chi connectivity index (χ0n) is 12.4. The van der Waals surface area contributed by atoms with Gasteiger partial charge in [-0.25, -0.2) is 0 Å². The molecule has 6 nitrogen and oxygen atoms in total. The monoisotopic (exact) mass is 276 g/mol. The summed E-state index contributed by atoms with van der Waals surface area (Å²) in [6.07, 6.45) is 0.374. The molecule has 6 heteroatoms. The van der Waals surface area contributed by atoms with Gasteiger partial charge in [0.25, 0.3) is 0 Å². The Morgan fingerprint density at radius 1 is 1.00 bits per heavy atom. The third-order valence-electron chi connectivity index (χ3n) is 2.27. The van der Waals surface area contributed by atoms with Gasteiger partial charge in [0.15, 0.2) is 0 Å². The van der Waals surface area contributed by atoms with Crippen LogP contribution in [0.2, 0.25) is 0 Å². The van der Waals surface area contributed by atoms with Crippen LogP contribution in [0, 0.1) is 0 Å². The fourth-order valence-electron chi connectivity index (χ4n) is 1.29. The summed E-state index contributed by atoms with van der Waals surface area (Å²) in [5.41, 5.74) is 0. The molecule has 0 aromatic carbocycles. The normalized spacial score (nSPS) is 10.9. The van der Waals surface area contributed by atoms with Crippen LogP contribution in [0.25, 0.3) is 0 Å². The average Bonchev–Trinajstić information content (AvgIpc) is 2.36. The van der Waals surface area contributed by atoms with Crippen LogP contribution in [0.4, 0.5) is 0 Å². The average molecular weight is 276 g/mol. The minimum Gasteiger partial charge on any atom is -0.383 e. The van der Waals surface area contributed by atoms with Gasteiger partial charge in [-0.2, -0.15) is 0 Å². The van der Waals surface area contributed by atoms with Crippen molar-refractivity contribution in [3.63, 3.8) is 0 Å². The van der Waals surface area contributed by atoms with E-state index in [0.29, 0.717) is 52.0 Å². The van der Waals surface area contributed by atoms with E-state index in [4.69, 9.17) is 14.2 Å². The fourth-order valence-corrected chi connectivity index (χ4v) is 1.29.